The van der Waals surface area contributed by atoms with Crippen LogP contribution in [0.5, 0.6) is 11.5 Å². The first-order valence-electron chi connectivity index (χ1n) is 9.83. The van der Waals surface area contributed by atoms with E-state index in [4.69, 9.17) is 9.47 Å². The highest BCUT2D eigenvalue weighted by Gasteiger charge is 2.18. The van der Waals surface area contributed by atoms with Gasteiger partial charge in [0.05, 0.1) is 18.7 Å². The number of hydrogen-bond donors (Lipinski definition) is 1. The lowest BCUT2D eigenvalue weighted by atomic mass is 10.0. The van der Waals surface area contributed by atoms with Gasteiger partial charge in [0.15, 0.2) is 0 Å². The van der Waals surface area contributed by atoms with Gasteiger partial charge in [0.2, 0.25) is 0 Å². The Balaban J connectivity index is 1.75. The zero-order valence-electron chi connectivity index (χ0n) is 17.1. The number of ether oxygens (including phenoxy) is 2. The number of carbonyl (C=O) groups excluding carboxylic acids is 1. The number of hydrogen-bond acceptors (Lipinski definition) is 3. The monoisotopic (exact) mass is 389 g/mol. The van der Waals surface area contributed by atoms with Gasteiger partial charge in [-0.05, 0) is 48.2 Å². The summed E-state index contributed by atoms with van der Waals surface area (Å²) >= 11 is 0. The Morgan fingerprint density at radius 2 is 1.69 bits per heavy atom. The second-order valence-corrected chi connectivity index (χ2v) is 6.93. The van der Waals surface area contributed by atoms with Crippen LogP contribution in [0.2, 0.25) is 0 Å². The summed E-state index contributed by atoms with van der Waals surface area (Å²) < 4.78 is 11.3. The first-order chi connectivity index (χ1) is 14.1. The molecule has 29 heavy (non-hydrogen) atoms. The molecule has 0 saturated heterocycles. The maximum absolute atomic E-state index is 13.0. The van der Waals surface area contributed by atoms with Crippen LogP contribution in [-0.2, 0) is 6.61 Å². The molecule has 3 aromatic carbocycles. The Morgan fingerprint density at radius 3 is 2.38 bits per heavy atom. The molecule has 1 atom stereocenters. The number of amides is 1. The Kier molecular flexibility index (Phi) is 6.90. The van der Waals surface area contributed by atoms with E-state index >= 15 is 0 Å². The average molecular weight is 389 g/mol. The predicted octanol–water partition coefficient (Wildman–Crippen LogP) is 5.46. The first-order valence-corrected chi connectivity index (χ1v) is 9.83. The fourth-order valence-electron chi connectivity index (χ4n) is 3.29. The van der Waals surface area contributed by atoms with E-state index in [1.807, 2.05) is 67.6 Å². The molecule has 0 heterocycles. The molecule has 0 bridgehead atoms. The standard InChI is InChI=1S/C25H27NO3/c1-4-22(20-14-15-23(28-3)18(2)16-20)26-25(27)21-12-8-9-13-24(21)29-17-19-10-6-5-7-11-19/h5-16,22H,4,17H2,1-3H3,(H,26,27). The summed E-state index contributed by atoms with van der Waals surface area (Å²) in [6.45, 7) is 4.48. The highest BCUT2D eigenvalue weighted by atomic mass is 16.5. The van der Waals surface area contributed by atoms with Crippen molar-refractivity contribution in [2.24, 2.45) is 0 Å². The summed E-state index contributed by atoms with van der Waals surface area (Å²) in [5.41, 5.74) is 3.70. The van der Waals surface area contributed by atoms with Gasteiger partial charge in [-0.2, -0.15) is 0 Å². The quantitative estimate of drug-likeness (QED) is 0.556. The van der Waals surface area contributed by atoms with Gasteiger partial charge in [-0.25, -0.2) is 0 Å². The van der Waals surface area contributed by atoms with E-state index in [0.717, 1.165) is 28.9 Å². The van der Waals surface area contributed by atoms with Crippen LogP contribution in [0.3, 0.4) is 0 Å². The van der Waals surface area contributed by atoms with Crippen molar-refractivity contribution < 1.29 is 14.3 Å². The van der Waals surface area contributed by atoms with Crippen LogP contribution in [0.25, 0.3) is 0 Å². The van der Waals surface area contributed by atoms with Crippen molar-refractivity contribution >= 4 is 5.91 Å². The van der Waals surface area contributed by atoms with Crippen molar-refractivity contribution in [3.63, 3.8) is 0 Å². The molecular formula is C25H27NO3. The molecule has 0 fully saturated rings. The Bertz CT molecular complexity index is 953. The largest absolute Gasteiger partial charge is 0.496 e. The molecule has 0 aliphatic heterocycles. The van der Waals surface area contributed by atoms with Crippen LogP contribution >= 0.6 is 0 Å². The Morgan fingerprint density at radius 1 is 0.966 bits per heavy atom. The van der Waals surface area contributed by atoms with E-state index in [2.05, 4.69) is 18.3 Å². The highest BCUT2D eigenvalue weighted by molar-refractivity contribution is 5.97. The van der Waals surface area contributed by atoms with Gasteiger partial charge < -0.3 is 14.8 Å². The molecule has 3 aromatic rings. The zero-order chi connectivity index (χ0) is 20.6. The average Bonchev–Trinajstić information content (AvgIpc) is 2.76. The van der Waals surface area contributed by atoms with Crippen LogP contribution in [-0.4, -0.2) is 13.0 Å². The molecule has 0 radical (unpaired) electrons. The molecule has 1 N–H and O–H groups in total. The van der Waals surface area contributed by atoms with E-state index < -0.39 is 0 Å². The van der Waals surface area contributed by atoms with Crippen LogP contribution in [0.15, 0.2) is 72.8 Å². The van der Waals surface area contributed by atoms with Gasteiger partial charge in [-0.1, -0.05) is 61.5 Å². The van der Waals surface area contributed by atoms with Gasteiger partial charge in [0, 0.05) is 0 Å². The number of rotatable bonds is 8. The molecular weight excluding hydrogens is 362 g/mol. The number of methoxy groups -OCH3 is 1. The summed E-state index contributed by atoms with van der Waals surface area (Å²) in [5.74, 6) is 1.28. The summed E-state index contributed by atoms with van der Waals surface area (Å²) in [6.07, 6.45) is 0.782. The number of carbonyl (C=O) groups is 1. The molecule has 0 aliphatic rings. The predicted molar refractivity (Wildman–Crippen MR) is 115 cm³/mol. The maximum Gasteiger partial charge on any atom is 0.255 e. The van der Waals surface area contributed by atoms with Gasteiger partial charge in [-0.15, -0.1) is 0 Å². The van der Waals surface area contributed by atoms with E-state index in [1.165, 1.54) is 0 Å². The summed E-state index contributed by atoms with van der Waals surface area (Å²) in [4.78, 5) is 13.0. The van der Waals surface area contributed by atoms with Crippen molar-refractivity contribution in [1.29, 1.82) is 0 Å². The number of aryl methyl sites for hydroxylation is 1. The van der Waals surface area contributed by atoms with Crippen molar-refractivity contribution in [3.05, 3.63) is 95.1 Å². The molecule has 0 spiro atoms. The van der Waals surface area contributed by atoms with E-state index in [9.17, 15) is 4.79 Å². The van der Waals surface area contributed by atoms with Gasteiger partial charge in [0.1, 0.15) is 18.1 Å². The lowest BCUT2D eigenvalue weighted by molar-refractivity contribution is 0.0931. The van der Waals surface area contributed by atoms with Crippen molar-refractivity contribution in [2.75, 3.05) is 7.11 Å². The van der Waals surface area contributed by atoms with E-state index in [1.54, 1.807) is 13.2 Å². The van der Waals surface area contributed by atoms with Crippen LogP contribution in [0, 0.1) is 6.92 Å². The third-order valence-corrected chi connectivity index (χ3v) is 4.90. The molecule has 0 saturated carbocycles. The third-order valence-electron chi connectivity index (χ3n) is 4.90. The fraction of sp³-hybridized carbons (Fsp3) is 0.240. The number of benzene rings is 3. The topological polar surface area (TPSA) is 47.6 Å². The van der Waals surface area contributed by atoms with Crippen molar-refractivity contribution in [3.8, 4) is 11.5 Å². The zero-order valence-corrected chi connectivity index (χ0v) is 17.1. The third kappa shape index (κ3) is 5.17. The van der Waals surface area contributed by atoms with Crippen molar-refractivity contribution in [1.82, 2.24) is 5.32 Å². The van der Waals surface area contributed by atoms with E-state index in [-0.39, 0.29) is 11.9 Å². The number of para-hydroxylation sites is 1. The number of nitrogens with one attached hydrogen (secondary N) is 1. The minimum absolute atomic E-state index is 0.0886. The first kappa shape index (κ1) is 20.5. The summed E-state index contributed by atoms with van der Waals surface area (Å²) in [7, 11) is 1.66. The molecule has 1 amide bonds. The molecule has 0 aliphatic carbocycles. The summed E-state index contributed by atoms with van der Waals surface area (Å²) in [6, 6.07) is 23.2. The molecule has 150 valence electrons. The Hall–Kier alpha value is -3.27. The highest BCUT2D eigenvalue weighted by Crippen LogP contribution is 2.26. The van der Waals surface area contributed by atoms with Crippen LogP contribution in [0.4, 0.5) is 0 Å². The minimum atomic E-state index is -0.144. The second kappa shape index (κ2) is 9.78. The minimum Gasteiger partial charge on any atom is -0.496 e. The summed E-state index contributed by atoms with van der Waals surface area (Å²) in [5, 5.41) is 3.14. The lowest BCUT2D eigenvalue weighted by Gasteiger charge is -2.20. The Labute approximate surface area is 172 Å². The van der Waals surface area contributed by atoms with Gasteiger partial charge >= 0.3 is 0 Å². The van der Waals surface area contributed by atoms with E-state index in [0.29, 0.717) is 17.9 Å². The molecule has 1 unspecified atom stereocenters. The van der Waals surface area contributed by atoms with Gasteiger partial charge in [0.25, 0.3) is 5.91 Å². The van der Waals surface area contributed by atoms with Crippen LogP contribution < -0.4 is 14.8 Å². The SMILES string of the molecule is CCC(NC(=O)c1ccccc1OCc1ccccc1)c1ccc(OC)c(C)c1. The van der Waals surface area contributed by atoms with Crippen molar-refractivity contribution in [2.45, 2.75) is 32.9 Å². The normalized spacial score (nSPS) is 11.6. The maximum atomic E-state index is 13.0. The van der Waals surface area contributed by atoms with Gasteiger partial charge in [-0.3, -0.25) is 4.79 Å². The molecule has 4 heteroatoms. The molecule has 3 rings (SSSR count). The molecule has 4 nitrogen and oxygen atoms in total. The smallest absolute Gasteiger partial charge is 0.255 e. The second-order valence-electron chi connectivity index (χ2n) is 6.93. The van der Waals surface area contributed by atoms with Crippen LogP contribution in [0.1, 0.15) is 46.4 Å². The molecule has 0 aromatic heterocycles. The fourth-order valence-corrected chi connectivity index (χ4v) is 3.29. The lowest BCUT2D eigenvalue weighted by Crippen LogP contribution is -2.28.